The highest BCUT2D eigenvalue weighted by Crippen LogP contribution is 2.17. The maximum absolute atomic E-state index is 6.20. The molecule has 1 aromatic rings. The van der Waals surface area contributed by atoms with Crippen LogP contribution in [0.25, 0.3) is 0 Å². The molecule has 0 amide bonds. The van der Waals surface area contributed by atoms with Gasteiger partial charge >= 0.3 is 0 Å². The van der Waals surface area contributed by atoms with Crippen molar-refractivity contribution >= 4 is 35.8 Å². The zero-order valence-electron chi connectivity index (χ0n) is 15.4. The van der Waals surface area contributed by atoms with Gasteiger partial charge < -0.3 is 20.4 Å². The molecule has 25 heavy (non-hydrogen) atoms. The normalized spacial score (nSPS) is 22.6. The van der Waals surface area contributed by atoms with E-state index >= 15 is 0 Å². The van der Waals surface area contributed by atoms with Gasteiger partial charge in [0.1, 0.15) is 5.82 Å². The van der Waals surface area contributed by atoms with Crippen molar-refractivity contribution in [2.24, 2.45) is 16.6 Å². The van der Waals surface area contributed by atoms with Crippen LogP contribution >= 0.6 is 24.0 Å². The lowest BCUT2D eigenvalue weighted by molar-refractivity contribution is 0.270. The Morgan fingerprint density at radius 2 is 2.04 bits per heavy atom. The second-order valence-electron chi connectivity index (χ2n) is 7.18. The molecule has 3 rings (SSSR count). The van der Waals surface area contributed by atoms with E-state index in [2.05, 4.69) is 44.7 Å². The number of piperazine rings is 1. The molecule has 0 spiro atoms. The molecule has 0 radical (unpaired) electrons. The summed E-state index contributed by atoms with van der Waals surface area (Å²) < 4.78 is 0. The lowest BCUT2D eigenvalue weighted by Crippen LogP contribution is -2.44. The second-order valence-corrected chi connectivity index (χ2v) is 7.18. The van der Waals surface area contributed by atoms with Crippen molar-refractivity contribution < 1.29 is 0 Å². The molecule has 1 atom stereocenters. The van der Waals surface area contributed by atoms with Gasteiger partial charge in [-0.3, -0.25) is 0 Å². The van der Waals surface area contributed by atoms with Crippen molar-refractivity contribution in [2.45, 2.75) is 26.3 Å². The number of anilines is 1. The smallest absolute Gasteiger partial charge is 0.191 e. The zero-order valence-corrected chi connectivity index (χ0v) is 17.7. The van der Waals surface area contributed by atoms with Crippen molar-refractivity contribution in [3.05, 3.63) is 23.9 Å². The summed E-state index contributed by atoms with van der Waals surface area (Å²) in [6, 6.07) is 4.19. The summed E-state index contributed by atoms with van der Waals surface area (Å²) in [7, 11) is 2.17. The molecular weight excluding hydrogens is 427 g/mol. The Kier molecular flexibility index (Phi) is 7.74. The van der Waals surface area contributed by atoms with Crippen LogP contribution in [0.1, 0.15) is 25.3 Å². The number of rotatable bonds is 3. The van der Waals surface area contributed by atoms with E-state index < -0.39 is 0 Å². The highest BCUT2D eigenvalue weighted by molar-refractivity contribution is 14.0. The molecule has 1 aromatic heterocycles. The molecular formula is C18H31IN6. The Bertz CT molecular complexity index is 570. The van der Waals surface area contributed by atoms with Crippen LogP contribution in [0.15, 0.2) is 23.3 Å². The van der Waals surface area contributed by atoms with E-state index in [1.54, 1.807) is 0 Å². The van der Waals surface area contributed by atoms with Gasteiger partial charge in [0.05, 0.1) is 6.54 Å². The summed E-state index contributed by atoms with van der Waals surface area (Å²) in [5, 5.41) is 0. The Morgan fingerprint density at radius 1 is 1.28 bits per heavy atom. The van der Waals surface area contributed by atoms with Crippen LogP contribution in [0.4, 0.5) is 5.82 Å². The SMILES string of the molecule is CC1CCCN(C(N)=NCc2ccnc(N3CCN(C)CC3)c2)C1.I. The third-order valence-corrected chi connectivity index (χ3v) is 5.04. The number of likely N-dealkylation sites (N-methyl/N-ethyl adjacent to an activating group) is 1. The minimum Gasteiger partial charge on any atom is -0.370 e. The average molecular weight is 458 g/mol. The largest absolute Gasteiger partial charge is 0.370 e. The number of aromatic nitrogens is 1. The van der Waals surface area contributed by atoms with E-state index in [1.165, 1.54) is 18.4 Å². The number of likely N-dealkylation sites (tertiary alicyclic amines) is 1. The minimum absolute atomic E-state index is 0. The van der Waals surface area contributed by atoms with Gasteiger partial charge in [0, 0.05) is 45.5 Å². The molecule has 2 saturated heterocycles. The van der Waals surface area contributed by atoms with Gasteiger partial charge in [-0.25, -0.2) is 9.98 Å². The summed E-state index contributed by atoms with van der Waals surface area (Å²) in [5.41, 5.74) is 7.37. The molecule has 0 aliphatic carbocycles. The topological polar surface area (TPSA) is 61.0 Å². The molecule has 0 aromatic carbocycles. The van der Waals surface area contributed by atoms with Crippen LogP contribution in [-0.2, 0) is 6.54 Å². The molecule has 1 unspecified atom stereocenters. The van der Waals surface area contributed by atoms with Crippen LogP contribution in [0.3, 0.4) is 0 Å². The van der Waals surface area contributed by atoms with Gasteiger partial charge in [-0.15, -0.1) is 24.0 Å². The number of guanidine groups is 1. The number of nitrogens with two attached hydrogens (primary N) is 1. The second kappa shape index (κ2) is 9.56. The van der Waals surface area contributed by atoms with E-state index in [0.717, 1.165) is 45.1 Å². The molecule has 2 aliphatic rings. The summed E-state index contributed by atoms with van der Waals surface area (Å²) in [6.07, 6.45) is 4.39. The first-order chi connectivity index (χ1) is 11.6. The number of hydrogen-bond donors (Lipinski definition) is 1. The first-order valence-corrected chi connectivity index (χ1v) is 9.05. The van der Waals surface area contributed by atoms with Gasteiger partial charge in [-0.1, -0.05) is 6.92 Å². The lowest BCUT2D eigenvalue weighted by atomic mass is 10.0. The van der Waals surface area contributed by atoms with E-state index in [-0.39, 0.29) is 24.0 Å². The standard InChI is InChI=1S/C18H30N6.HI/c1-15-4-3-7-24(14-15)18(19)21-13-16-5-6-20-17(12-16)23-10-8-22(2)9-11-23;/h5-6,12,15H,3-4,7-11,13-14H2,1-2H3,(H2,19,21);1H. The monoisotopic (exact) mass is 458 g/mol. The summed E-state index contributed by atoms with van der Waals surface area (Å²) in [6.45, 7) is 9.20. The van der Waals surface area contributed by atoms with E-state index in [4.69, 9.17) is 5.73 Å². The number of pyridine rings is 1. The first kappa shape index (κ1) is 20.2. The van der Waals surface area contributed by atoms with Crippen LogP contribution in [-0.4, -0.2) is 67.1 Å². The number of aliphatic imine (C=N–C) groups is 1. The maximum atomic E-state index is 6.20. The van der Waals surface area contributed by atoms with Crippen LogP contribution < -0.4 is 10.6 Å². The van der Waals surface area contributed by atoms with Gasteiger partial charge in [-0.05, 0) is 43.5 Å². The maximum Gasteiger partial charge on any atom is 0.191 e. The van der Waals surface area contributed by atoms with Crippen LogP contribution in [0.5, 0.6) is 0 Å². The average Bonchev–Trinajstić information content (AvgIpc) is 2.60. The fourth-order valence-corrected chi connectivity index (χ4v) is 3.44. The zero-order chi connectivity index (χ0) is 16.9. The van der Waals surface area contributed by atoms with Gasteiger partial charge in [0.15, 0.2) is 5.96 Å². The summed E-state index contributed by atoms with van der Waals surface area (Å²) in [5.74, 6) is 2.44. The number of halogens is 1. The van der Waals surface area contributed by atoms with E-state index in [0.29, 0.717) is 18.4 Å². The molecule has 3 heterocycles. The van der Waals surface area contributed by atoms with Crippen molar-refractivity contribution in [2.75, 3.05) is 51.2 Å². The molecule has 140 valence electrons. The van der Waals surface area contributed by atoms with Crippen molar-refractivity contribution in [1.82, 2.24) is 14.8 Å². The van der Waals surface area contributed by atoms with Crippen molar-refractivity contribution in [3.63, 3.8) is 0 Å². The fraction of sp³-hybridized carbons (Fsp3) is 0.667. The Hall–Kier alpha value is -1.09. The fourth-order valence-electron chi connectivity index (χ4n) is 3.44. The van der Waals surface area contributed by atoms with Crippen molar-refractivity contribution in [3.8, 4) is 0 Å². The number of piperidine rings is 1. The lowest BCUT2D eigenvalue weighted by Gasteiger charge is -2.33. The highest BCUT2D eigenvalue weighted by Gasteiger charge is 2.18. The van der Waals surface area contributed by atoms with Gasteiger partial charge in [-0.2, -0.15) is 0 Å². The van der Waals surface area contributed by atoms with Gasteiger partial charge in [0.2, 0.25) is 0 Å². The van der Waals surface area contributed by atoms with E-state index in [9.17, 15) is 0 Å². The Labute approximate surface area is 168 Å². The molecule has 6 nitrogen and oxygen atoms in total. The first-order valence-electron chi connectivity index (χ1n) is 9.05. The predicted molar refractivity (Wildman–Crippen MR) is 115 cm³/mol. The van der Waals surface area contributed by atoms with Crippen LogP contribution in [0.2, 0.25) is 0 Å². The number of nitrogens with zero attached hydrogens (tertiary/aromatic N) is 5. The molecule has 2 aliphatic heterocycles. The third-order valence-electron chi connectivity index (χ3n) is 5.04. The Balaban J connectivity index is 0.00000225. The molecule has 0 saturated carbocycles. The van der Waals surface area contributed by atoms with E-state index in [1.807, 2.05) is 12.3 Å². The van der Waals surface area contributed by atoms with Gasteiger partial charge in [0.25, 0.3) is 0 Å². The Morgan fingerprint density at radius 3 is 2.76 bits per heavy atom. The third kappa shape index (κ3) is 5.70. The highest BCUT2D eigenvalue weighted by atomic mass is 127. The molecule has 7 heteroatoms. The molecule has 2 N–H and O–H groups in total. The number of hydrogen-bond acceptors (Lipinski definition) is 4. The molecule has 2 fully saturated rings. The van der Waals surface area contributed by atoms with Crippen molar-refractivity contribution in [1.29, 1.82) is 0 Å². The predicted octanol–water partition coefficient (Wildman–Crippen LogP) is 2.00. The summed E-state index contributed by atoms with van der Waals surface area (Å²) in [4.78, 5) is 16.1. The minimum atomic E-state index is 0. The molecule has 0 bridgehead atoms. The quantitative estimate of drug-likeness (QED) is 0.427. The van der Waals surface area contributed by atoms with Crippen LogP contribution in [0, 0.1) is 5.92 Å². The summed E-state index contributed by atoms with van der Waals surface area (Å²) >= 11 is 0.